The van der Waals surface area contributed by atoms with E-state index >= 15 is 0 Å². The van der Waals surface area contributed by atoms with Gasteiger partial charge < -0.3 is 16.0 Å². The number of nitrogens with zero attached hydrogens (tertiary/aromatic N) is 4. The molecule has 3 N–H and O–H groups in total. The fourth-order valence-corrected chi connectivity index (χ4v) is 3.86. The van der Waals surface area contributed by atoms with Gasteiger partial charge in [0.1, 0.15) is 5.82 Å². The lowest BCUT2D eigenvalue weighted by atomic mass is 9.90. The van der Waals surface area contributed by atoms with Gasteiger partial charge in [-0.15, -0.1) is 0 Å². The number of benzene rings is 1. The molecule has 1 saturated carbocycles. The first-order chi connectivity index (χ1) is 13.3. The Bertz CT molecular complexity index is 818. The lowest BCUT2D eigenvalue weighted by molar-refractivity contribution is 0.248. The van der Waals surface area contributed by atoms with Crippen molar-refractivity contribution in [2.45, 2.75) is 44.7 Å². The van der Waals surface area contributed by atoms with E-state index in [-0.39, 0.29) is 12.1 Å². The van der Waals surface area contributed by atoms with Crippen LogP contribution in [0.5, 0.6) is 0 Å². The SMILES string of the molecule is Cc1cnc(N[C@H]2CC[C@@H](N(C(N)=O)c3ccc(Cl)cc3)CC2)nc1N(C)C. The van der Waals surface area contributed by atoms with E-state index in [2.05, 4.69) is 15.3 Å². The quantitative estimate of drug-likeness (QED) is 0.793. The van der Waals surface area contributed by atoms with Crippen molar-refractivity contribution in [2.75, 3.05) is 29.2 Å². The van der Waals surface area contributed by atoms with Gasteiger partial charge in [0.15, 0.2) is 0 Å². The summed E-state index contributed by atoms with van der Waals surface area (Å²) in [6, 6.07) is 7.13. The zero-order valence-electron chi connectivity index (χ0n) is 16.5. The maximum atomic E-state index is 12.1. The smallest absolute Gasteiger partial charge is 0.319 e. The Labute approximate surface area is 170 Å². The number of rotatable bonds is 5. The minimum atomic E-state index is -0.434. The number of halogens is 1. The van der Waals surface area contributed by atoms with Crippen molar-refractivity contribution >= 4 is 35.1 Å². The number of aryl methyl sites for hydroxylation is 1. The molecule has 3 rings (SSSR count). The molecule has 2 aromatic rings. The van der Waals surface area contributed by atoms with Gasteiger partial charge in [-0.1, -0.05) is 11.6 Å². The number of carbonyl (C=O) groups excluding carboxylic acids is 1. The molecule has 28 heavy (non-hydrogen) atoms. The van der Waals surface area contributed by atoms with Crippen LogP contribution in [0.4, 0.5) is 22.2 Å². The minimum Gasteiger partial charge on any atom is -0.362 e. The van der Waals surface area contributed by atoms with Gasteiger partial charge in [0.2, 0.25) is 5.95 Å². The average Bonchev–Trinajstić information content (AvgIpc) is 2.66. The molecule has 1 aromatic heterocycles. The van der Waals surface area contributed by atoms with Crippen molar-refractivity contribution in [3.63, 3.8) is 0 Å². The summed E-state index contributed by atoms with van der Waals surface area (Å²) in [4.78, 5) is 24.7. The Kier molecular flexibility index (Phi) is 6.24. The zero-order valence-corrected chi connectivity index (χ0v) is 17.3. The van der Waals surface area contributed by atoms with Gasteiger partial charge in [-0.05, 0) is 56.9 Å². The number of anilines is 3. The highest BCUT2D eigenvalue weighted by molar-refractivity contribution is 6.30. The van der Waals surface area contributed by atoms with Crippen molar-refractivity contribution in [1.82, 2.24) is 9.97 Å². The number of nitrogens with two attached hydrogens (primary N) is 1. The van der Waals surface area contributed by atoms with Crippen LogP contribution in [0, 0.1) is 6.92 Å². The summed E-state index contributed by atoms with van der Waals surface area (Å²) in [6.45, 7) is 2.00. The second-order valence-corrected chi connectivity index (χ2v) is 7.87. The molecule has 0 bridgehead atoms. The van der Waals surface area contributed by atoms with Gasteiger partial charge in [-0.3, -0.25) is 4.90 Å². The molecule has 0 spiro atoms. The van der Waals surface area contributed by atoms with E-state index in [0.717, 1.165) is 42.8 Å². The second-order valence-electron chi connectivity index (χ2n) is 7.43. The summed E-state index contributed by atoms with van der Waals surface area (Å²) in [5.74, 6) is 1.55. The molecule has 1 aromatic carbocycles. The van der Waals surface area contributed by atoms with Crippen LogP contribution in [0.25, 0.3) is 0 Å². The molecule has 0 unspecified atom stereocenters. The monoisotopic (exact) mass is 402 g/mol. The highest BCUT2D eigenvalue weighted by Gasteiger charge is 2.29. The molecule has 0 saturated heterocycles. The molecule has 1 aliphatic carbocycles. The lowest BCUT2D eigenvalue weighted by Crippen LogP contribution is -2.46. The van der Waals surface area contributed by atoms with E-state index < -0.39 is 6.03 Å². The van der Waals surface area contributed by atoms with Gasteiger partial charge in [0, 0.05) is 48.6 Å². The summed E-state index contributed by atoms with van der Waals surface area (Å²) in [5, 5.41) is 4.07. The first-order valence-corrected chi connectivity index (χ1v) is 9.84. The maximum absolute atomic E-state index is 12.1. The number of amides is 2. The van der Waals surface area contributed by atoms with Gasteiger partial charge in [0.25, 0.3) is 0 Å². The molecular weight excluding hydrogens is 376 g/mol. The van der Waals surface area contributed by atoms with Gasteiger partial charge in [-0.25, -0.2) is 9.78 Å². The number of primary amides is 1. The predicted octanol–water partition coefficient (Wildman–Crippen LogP) is 3.81. The largest absolute Gasteiger partial charge is 0.362 e. The van der Waals surface area contributed by atoms with E-state index in [1.165, 1.54) is 0 Å². The number of nitrogens with one attached hydrogen (secondary N) is 1. The fourth-order valence-electron chi connectivity index (χ4n) is 3.74. The molecule has 0 atom stereocenters. The Morgan fingerprint density at radius 2 is 1.82 bits per heavy atom. The first-order valence-electron chi connectivity index (χ1n) is 9.47. The van der Waals surface area contributed by atoms with Crippen LogP contribution < -0.4 is 20.9 Å². The normalized spacial score (nSPS) is 19.1. The number of aromatic nitrogens is 2. The maximum Gasteiger partial charge on any atom is 0.319 e. The molecule has 150 valence electrons. The van der Waals surface area contributed by atoms with E-state index in [4.69, 9.17) is 17.3 Å². The van der Waals surface area contributed by atoms with Crippen LogP contribution in [-0.4, -0.2) is 42.2 Å². The van der Waals surface area contributed by atoms with Crippen molar-refractivity contribution in [2.24, 2.45) is 5.73 Å². The third-order valence-electron chi connectivity index (χ3n) is 5.11. The molecular formula is C20H27ClN6O. The Morgan fingerprint density at radius 3 is 2.39 bits per heavy atom. The number of hydrogen-bond acceptors (Lipinski definition) is 5. The summed E-state index contributed by atoms with van der Waals surface area (Å²) in [5.41, 5.74) is 7.49. The fraction of sp³-hybridized carbons (Fsp3) is 0.450. The van der Waals surface area contributed by atoms with Crippen LogP contribution in [0.15, 0.2) is 30.5 Å². The van der Waals surface area contributed by atoms with Crippen LogP contribution in [0.3, 0.4) is 0 Å². The highest BCUT2D eigenvalue weighted by Crippen LogP contribution is 2.29. The highest BCUT2D eigenvalue weighted by atomic mass is 35.5. The summed E-state index contributed by atoms with van der Waals surface area (Å²) in [6.07, 6.45) is 5.38. The molecule has 0 radical (unpaired) electrons. The summed E-state index contributed by atoms with van der Waals surface area (Å²) in [7, 11) is 3.94. The molecule has 0 aliphatic heterocycles. The van der Waals surface area contributed by atoms with Crippen molar-refractivity contribution in [1.29, 1.82) is 0 Å². The second kappa shape index (κ2) is 8.65. The molecule has 2 amide bonds. The molecule has 1 aliphatic rings. The van der Waals surface area contributed by atoms with Gasteiger partial charge >= 0.3 is 6.03 Å². The third kappa shape index (κ3) is 4.65. The minimum absolute atomic E-state index is 0.0768. The Balaban J connectivity index is 1.64. The van der Waals surface area contributed by atoms with Crippen LogP contribution in [0.1, 0.15) is 31.2 Å². The molecule has 1 fully saturated rings. The Hall–Kier alpha value is -2.54. The number of carbonyl (C=O) groups is 1. The van der Waals surface area contributed by atoms with E-state index in [1.54, 1.807) is 17.0 Å². The van der Waals surface area contributed by atoms with Crippen LogP contribution >= 0.6 is 11.6 Å². The van der Waals surface area contributed by atoms with E-state index in [1.807, 2.05) is 44.2 Å². The van der Waals surface area contributed by atoms with E-state index in [0.29, 0.717) is 11.0 Å². The first kappa shape index (κ1) is 20.2. The summed E-state index contributed by atoms with van der Waals surface area (Å²) < 4.78 is 0. The van der Waals surface area contributed by atoms with Gasteiger partial charge in [-0.2, -0.15) is 4.98 Å². The van der Waals surface area contributed by atoms with Crippen LogP contribution in [-0.2, 0) is 0 Å². The van der Waals surface area contributed by atoms with Crippen molar-refractivity contribution in [3.8, 4) is 0 Å². The summed E-state index contributed by atoms with van der Waals surface area (Å²) >= 11 is 5.96. The number of urea groups is 1. The molecule has 8 heteroatoms. The molecule has 7 nitrogen and oxygen atoms in total. The van der Waals surface area contributed by atoms with Crippen molar-refractivity contribution < 1.29 is 4.79 Å². The third-order valence-corrected chi connectivity index (χ3v) is 5.36. The molecule has 1 heterocycles. The van der Waals surface area contributed by atoms with E-state index in [9.17, 15) is 4.79 Å². The lowest BCUT2D eigenvalue weighted by Gasteiger charge is -2.36. The predicted molar refractivity (Wildman–Crippen MR) is 114 cm³/mol. The van der Waals surface area contributed by atoms with Crippen molar-refractivity contribution in [3.05, 3.63) is 41.0 Å². The Morgan fingerprint density at radius 1 is 1.18 bits per heavy atom. The van der Waals surface area contributed by atoms with Crippen LogP contribution in [0.2, 0.25) is 5.02 Å². The average molecular weight is 403 g/mol. The zero-order chi connectivity index (χ0) is 20.3. The standard InChI is InChI=1S/C20H27ClN6O/c1-13-12-23-20(25-18(13)26(2)3)24-15-6-10-17(11-7-15)27(19(22)28)16-8-4-14(21)5-9-16/h4-5,8-9,12,15,17H,6-7,10-11H2,1-3H3,(H2,22,28)(H,23,24,25)/t15-,17+. The van der Waals surface area contributed by atoms with Gasteiger partial charge in [0.05, 0.1) is 0 Å². The number of hydrogen-bond donors (Lipinski definition) is 2. The topological polar surface area (TPSA) is 87.4 Å².